The minimum absolute atomic E-state index is 0.627. The molecule has 0 atom stereocenters. The number of nitriles is 1. The Morgan fingerprint density at radius 3 is 3.05 bits per heavy atom. The van der Waals surface area contributed by atoms with Crippen LogP contribution in [-0.4, -0.2) is 6.21 Å². The van der Waals surface area contributed by atoms with Crippen LogP contribution >= 0.6 is 11.9 Å². The summed E-state index contributed by atoms with van der Waals surface area (Å²) in [6.07, 6.45) is 11.0. The van der Waals surface area contributed by atoms with E-state index in [4.69, 9.17) is 0 Å². The number of allylic oxidation sites excluding steroid dienone is 5. The van der Waals surface area contributed by atoms with E-state index in [1.807, 2.05) is 24.3 Å². The molecule has 0 radical (unpaired) electrons. The number of nitrogens with zero attached hydrogens (tertiary/aromatic N) is 3. The van der Waals surface area contributed by atoms with Gasteiger partial charge in [-0.3, -0.25) is 0 Å². The monoisotopic (exact) mass is 265 g/mol. The van der Waals surface area contributed by atoms with Gasteiger partial charge in [0.25, 0.3) is 0 Å². The number of hydrazone groups is 1. The molecule has 92 valence electrons. The zero-order valence-electron chi connectivity index (χ0n) is 10.2. The average Bonchev–Trinajstić information content (AvgIpc) is 2.69. The van der Waals surface area contributed by atoms with E-state index in [0.717, 1.165) is 12.1 Å². The predicted octanol–water partition coefficient (Wildman–Crippen LogP) is 3.78. The highest BCUT2D eigenvalue weighted by Gasteiger charge is 2.17. The Kier molecular flexibility index (Phi) is 3.21. The first-order valence-corrected chi connectivity index (χ1v) is 6.73. The van der Waals surface area contributed by atoms with E-state index in [0.29, 0.717) is 5.56 Å². The summed E-state index contributed by atoms with van der Waals surface area (Å²) < 4.78 is 1.80. The van der Waals surface area contributed by atoms with E-state index in [-0.39, 0.29) is 0 Å². The molecule has 19 heavy (non-hydrogen) atoms. The Hall–Kier alpha value is -2.25. The number of para-hydroxylation sites is 1. The summed E-state index contributed by atoms with van der Waals surface area (Å²) in [7, 11) is 0. The van der Waals surface area contributed by atoms with Gasteiger partial charge >= 0.3 is 0 Å². The molecule has 3 nitrogen and oxygen atoms in total. The molecule has 2 aliphatic rings. The first-order valence-electron chi connectivity index (χ1n) is 5.96. The molecule has 0 saturated heterocycles. The number of hydrogen-bond acceptors (Lipinski definition) is 4. The third kappa shape index (κ3) is 2.33. The highest BCUT2D eigenvalue weighted by atomic mass is 32.2. The molecule has 0 aromatic heterocycles. The second-order valence-corrected chi connectivity index (χ2v) is 5.08. The van der Waals surface area contributed by atoms with Crippen molar-refractivity contribution in [1.29, 1.82) is 5.26 Å². The van der Waals surface area contributed by atoms with Gasteiger partial charge in [0, 0.05) is 23.1 Å². The van der Waals surface area contributed by atoms with Crippen molar-refractivity contribution in [2.45, 2.75) is 6.42 Å². The fraction of sp³-hybridized carbons (Fsp3) is 0.0667. The molecule has 1 aromatic rings. The van der Waals surface area contributed by atoms with E-state index >= 15 is 0 Å². The normalized spacial score (nSPS) is 17.1. The van der Waals surface area contributed by atoms with Crippen LogP contribution in [0.2, 0.25) is 0 Å². The van der Waals surface area contributed by atoms with Crippen LogP contribution in [0.25, 0.3) is 0 Å². The molecule has 1 aliphatic heterocycles. The van der Waals surface area contributed by atoms with Gasteiger partial charge in [0.05, 0.1) is 11.3 Å². The molecule has 1 heterocycles. The van der Waals surface area contributed by atoms with Crippen LogP contribution in [-0.2, 0) is 0 Å². The predicted molar refractivity (Wildman–Crippen MR) is 79.6 cm³/mol. The van der Waals surface area contributed by atoms with Crippen molar-refractivity contribution in [3.8, 4) is 6.07 Å². The summed E-state index contributed by atoms with van der Waals surface area (Å²) in [5.41, 5.74) is 2.70. The van der Waals surface area contributed by atoms with Gasteiger partial charge in [-0.1, -0.05) is 24.3 Å². The smallest absolute Gasteiger partial charge is 0.101 e. The highest BCUT2D eigenvalue weighted by Crippen LogP contribution is 2.37. The second-order valence-electron chi connectivity index (χ2n) is 4.11. The molecule has 1 aliphatic carbocycles. The summed E-state index contributed by atoms with van der Waals surface area (Å²) in [5, 5.41) is 13.6. The van der Waals surface area contributed by atoms with Crippen molar-refractivity contribution < 1.29 is 0 Å². The Bertz CT molecular complexity index is 662. The van der Waals surface area contributed by atoms with E-state index in [9.17, 15) is 5.26 Å². The van der Waals surface area contributed by atoms with Crippen LogP contribution < -0.4 is 4.41 Å². The quantitative estimate of drug-likeness (QED) is 0.725. The molecule has 4 heteroatoms. The van der Waals surface area contributed by atoms with Crippen LogP contribution in [0.15, 0.2) is 64.1 Å². The minimum Gasteiger partial charge on any atom is -0.201 e. The van der Waals surface area contributed by atoms with Gasteiger partial charge in [-0.2, -0.15) is 10.4 Å². The third-order valence-corrected chi connectivity index (χ3v) is 3.96. The van der Waals surface area contributed by atoms with Gasteiger partial charge in [-0.15, -0.1) is 0 Å². The Balaban J connectivity index is 1.97. The van der Waals surface area contributed by atoms with Gasteiger partial charge in [-0.05, 0) is 36.3 Å². The molecule has 0 saturated carbocycles. The van der Waals surface area contributed by atoms with Crippen molar-refractivity contribution in [2.24, 2.45) is 5.10 Å². The zero-order chi connectivity index (χ0) is 13.1. The maximum atomic E-state index is 9.18. The molecular weight excluding hydrogens is 254 g/mol. The number of rotatable bonds is 1. The minimum atomic E-state index is 0.627. The lowest BCUT2D eigenvalue weighted by Crippen LogP contribution is -2.07. The molecule has 0 unspecified atom stereocenters. The highest BCUT2D eigenvalue weighted by molar-refractivity contribution is 8.04. The van der Waals surface area contributed by atoms with Crippen molar-refractivity contribution in [3.63, 3.8) is 0 Å². The lowest BCUT2D eigenvalue weighted by Gasteiger charge is -2.19. The van der Waals surface area contributed by atoms with Gasteiger partial charge in [0.15, 0.2) is 0 Å². The van der Waals surface area contributed by atoms with Crippen LogP contribution in [0.5, 0.6) is 0 Å². The average molecular weight is 265 g/mol. The molecule has 0 bridgehead atoms. The maximum absolute atomic E-state index is 9.18. The van der Waals surface area contributed by atoms with Crippen molar-refractivity contribution >= 4 is 23.8 Å². The molecule has 0 amide bonds. The van der Waals surface area contributed by atoms with E-state index < -0.39 is 0 Å². The van der Waals surface area contributed by atoms with E-state index in [1.165, 1.54) is 10.5 Å². The summed E-state index contributed by atoms with van der Waals surface area (Å²) in [6.45, 7) is 0. The first-order chi connectivity index (χ1) is 9.38. The van der Waals surface area contributed by atoms with Gasteiger partial charge in [0.2, 0.25) is 0 Å². The fourth-order valence-corrected chi connectivity index (χ4v) is 2.90. The molecule has 0 spiro atoms. The van der Waals surface area contributed by atoms with Crippen molar-refractivity contribution in [3.05, 3.63) is 64.6 Å². The standard InChI is InChI=1S/C15H11N3S/c16-11-13-6-1-3-7-14(13)18-17-10-9-12-5-2-4-8-15(12)19-18/h1-4,6-10H,5H2. The lowest BCUT2D eigenvalue weighted by molar-refractivity contribution is 1.21. The molecule has 1 aromatic carbocycles. The Morgan fingerprint density at radius 2 is 2.16 bits per heavy atom. The van der Waals surface area contributed by atoms with Crippen molar-refractivity contribution in [1.82, 2.24) is 0 Å². The Labute approximate surface area is 116 Å². The molecule has 3 rings (SSSR count). The SMILES string of the molecule is N#Cc1ccccc1N1N=CC=C2CC=CC=C2S1. The Morgan fingerprint density at radius 1 is 1.26 bits per heavy atom. The van der Waals surface area contributed by atoms with Crippen LogP contribution in [0.4, 0.5) is 5.69 Å². The topological polar surface area (TPSA) is 39.4 Å². The molecular formula is C15H11N3S. The largest absolute Gasteiger partial charge is 0.201 e. The number of benzene rings is 1. The summed E-state index contributed by atoms with van der Waals surface area (Å²) in [5.74, 6) is 0. The van der Waals surface area contributed by atoms with Crippen LogP contribution in [0, 0.1) is 11.3 Å². The third-order valence-electron chi connectivity index (χ3n) is 2.90. The van der Waals surface area contributed by atoms with Crippen molar-refractivity contribution in [2.75, 3.05) is 4.41 Å². The van der Waals surface area contributed by atoms with Gasteiger partial charge in [-0.25, -0.2) is 4.41 Å². The molecule has 0 fully saturated rings. The number of anilines is 1. The summed E-state index contributed by atoms with van der Waals surface area (Å²) in [6, 6.07) is 9.70. The summed E-state index contributed by atoms with van der Waals surface area (Å²) in [4.78, 5) is 1.17. The first kappa shape index (κ1) is 11.8. The number of fused-ring (bicyclic) bond motifs is 1. The van der Waals surface area contributed by atoms with E-state index in [2.05, 4.69) is 29.4 Å². The van der Waals surface area contributed by atoms with E-state index in [1.54, 1.807) is 28.6 Å². The number of hydrogen-bond donors (Lipinski definition) is 0. The molecule has 0 N–H and O–H groups in total. The van der Waals surface area contributed by atoms with Crippen LogP contribution in [0.1, 0.15) is 12.0 Å². The van der Waals surface area contributed by atoms with Crippen LogP contribution in [0.3, 0.4) is 0 Å². The second kappa shape index (κ2) is 5.17. The fourth-order valence-electron chi connectivity index (χ4n) is 1.94. The lowest BCUT2D eigenvalue weighted by atomic mass is 10.1. The zero-order valence-corrected chi connectivity index (χ0v) is 11.0. The van der Waals surface area contributed by atoms with Gasteiger partial charge in [0.1, 0.15) is 6.07 Å². The summed E-state index contributed by atoms with van der Waals surface area (Å²) >= 11 is 1.54. The maximum Gasteiger partial charge on any atom is 0.101 e. The van der Waals surface area contributed by atoms with Gasteiger partial charge < -0.3 is 0 Å².